The van der Waals surface area contributed by atoms with Crippen LogP contribution in [0, 0.1) is 5.41 Å². The van der Waals surface area contributed by atoms with Crippen LogP contribution in [0.3, 0.4) is 0 Å². The van der Waals surface area contributed by atoms with Crippen molar-refractivity contribution in [2.75, 3.05) is 26.9 Å². The lowest BCUT2D eigenvalue weighted by atomic mass is 9.89. The number of carboxylic acids is 1. The van der Waals surface area contributed by atoms with E-state index in [9.17, 15) is 14.4 Å². The number of ether oxygens (including phenoxy) is 2. The zero-order valence-electron chi connectivity index (χ0n) is 19.1. The Kier molecular flexibility index (Phi) is 7.71. The minimum atomic E-state index is -1.17. The van der Waals surface area contributed by atoms with Crippen molar-refractivity contribution in [1.29, 1.82) is 0 Å². The van der Waals surface area contributed by atoms with Crippen molar-refractivity contribution in [3.8, 4) is 11.1 Å². The number of fused-ring (bicyclic) bond motifs is 3. The summed E-state index contributed by atoms with van der Waals surface area (Å²) in [6, 6.07) is 15.1. The minimum Gasteiger partial charge on any atom is -0.480 e. The lowest BCUT2D eigenvalue weighted by molar-refractivity contribution is -0.143. The number of nitrogens with one attached hydrogen (secondary N) is 2. The van der Waals surface area contributed by atoms with E-state index in [-0.39, 0.29) is 32.1 Å². The molecule has 8 heteroatoms. The Morgan fingerprint density at radius 1 is 1.03 bits per heavy atom. The second-order valence-corrected chi connectivity index (χ2v) is 8.93. The standard InChI is InChI=1S/C25H30N2O6/c1-25(2,12-22(28)27-21(14-32-3)23(29)30)15-26-24(31)33-13-20-18-10-6-4-8-16(18)17-9-5-7-11-19(17)20/h4-11,20-21H,12-15H2,1-3H3,(H,26,31)(H,27,28)(H,29,30)/t21-/m0/s1. The minimum absolute atomic E-state index is 0.0318. The topological polar surface area (TPSA) is 114 Å². The lowest BCUT2D eigenvalue weighted by Gasteiger charge is -2.25. The first-order valence-electron chi connectivity index (χ1n) is 10.8. The van der Waals surface area contributed by atoms with Gasteiger partial charge >= 0.3 is 12.1 Å². The highest BCUT2D eigenvalue weighted by Crippen LogP contribution is 2.44. The van der Waals surface area contributed by atoms with Gasteiger partial charge in [-0.05, 0) is 27.7 Å². The van der Waals surface area contributed by atoms with Crippen molar-refractivity contribution in [3.05, 3.63) is 59.7 Å². The van der Waals surface area contributed by atoms with Gasteiger partial charge in [-0.2, -0.15) is 0 Å². The van der Waals surface area contributed by atoms with E-state index < -0.39 is 29.4 Å². The number of benzene rings is 2. The molecule has 0 bridgehead atoms. The average molecular weight is 455 g/mol. The zero-order valence-corrected chi connectivity index (χ0v) is 19.1. The second-order valence-electron chi connectivity index (χ2n) is 8.93. The highest BCUT2D eigenvalue weighted by Gasteiger charge is 2.30. The number of hydrogen-bond acceptors (Lipinski definition) is 5. The predicted octanol–water partition coefficient (Wildman–Crippen LogP) is 3.16. The summed E-state index contributed by atoms with van der Waals surface area (Å²) >= 11 is 0. The summed E-state index contributed by atoms with van der Waals surface area (Å²) in [4.78, 5) is 35.8. The van der Waals surface area contributed by atoms with Crippen LogP contribution < -0.4 is 10.6 Å². The molecule has 3 N–H and O–H groups in total. The molecule has 33 heavy (non-hydrogen) atoms. The summed E-state index contributed by atoms with van der Waals surface area (Å²) in [5.74, 6) is -1.63. The van der Waals surface area contributed by atoms with Gasteiger partial charge in [0, 0.05) is 26.0 Å². The van der Waals surface area contributed by atoms with Gasteiger partial charge in [0.15, 0.2) is 6.04 Å². The highest BCUT2D eigenvalue weighted by molar-refractivity contribution is 5.84. The van der Waals surface area contributed by atoms with Crippen LogP contribution in [0.5, 0.6) is 0 Å². The van der Waals surface area contributed by atoms with Crippen LogP contribution in [-0.4, -0.2) is 56.0 Å². The Hall–Kier alpha value is -3.39. The zero-order chi connectivity index (χ0) is 24.0. The molecule has 0 fully saturated rings. The number of hydrogen-bond donors (Lipinski definition) is 3. The number of carbonyl (C=O) groups is 3. The maximum Gasteiger partial charge on any atom is 0.407 e. The number of carbonyl (C=O) groups excluding carboxylic acids is 2. The van der Waals surface area contributed by atoms with E-state index in [0.717, 1.165) is 22.3 Å². The van der Waals surface area contributed by atoms with Gasteiger partial charge in [-0.3, -0.25) is 4.79 Å². The molecular formula is C25H30N2O6. The Labute approximate surface area is 193 Å². The fourth-order valence-corrected chi connectivity index (χ4v) is 4.04. The molecule has 0 radical (unpaired) electrons. The average Bonchev–Trinajstić information content (AvgIpc) is 3.09. The van der Waals surface area contributed by atoms with Gasteiger partial charge in [-0.15, -0.1) is 0 Å². The first-order valence-corrected chi connectivity index (χ1v) is 10.8. The molecule has 8 nitrogen and oxygen atoms in total. The summed E-state index contributed by atoms with van der Waals surface area (Å²) in [6.45, 7) is 3.89. The molecule has 2 amide bonds. The molecule has 2 aromatic carbocycles. The maximum atomic E-state index is 12.4. The molecule has 0 saturated heterocycles. The Morgan fingerprint density at radius 2 is 1.61 bits per heavy atom. The summed E-state index contributed by atoms with van der Waals surface area (Å²) in [5.41, 5.74) is 3.97. The molecule has 0 aliphatic heterocycles. The van der Waals surface area contributed by atoms with Crippen molar-refractivity contribution in [1.82, 2.24) is 10.6 Å². The summed E-state index contributed by atoms with van der Waals surface area (Å²) in [6.07, 6.45) is -0.530. The van der Waals surface area contributed by atoms with E-state index in [2.05, 4.69) is 34.9 Å². The third-order valence-corrected chi connectivity index (χ3v) is 5.66. The van der Waals surface area contributed by atoms with Crippen molar-refractivity contribution >= 4 is 18.0 Å². The molecule has 1 aliphatic carbocycles. The normalized spacial score (nSPS) is 13.5. The van der Waals surface area contributed by atoms with Crippen LogP contribution in [0.15, 0.2) is 48.5 Å². The van der Waals surface area contributed by atoms with Gasteiger partial charge in [0.1, 0.15) is 6.61 Å². The smallest absolute Gasteiger partial charge is 0.407 e. The van der Waals surface area contributed by atoms with Crippen molar-refractivity contribution in [3.63, 3.8) is 0 Å². The molecule has 0 spiro atoms. The van der Waals surface area contributed by atoms with E-state index in [1.807, 2.05) is 38.1 Å². The second kappa shape index (κ2) is 10.5. The molecule has 0 heterocycles. The van der Waals surface area contributed by atoms with Crippen molar-refractivity contribution < 1.29 is 29.0 Å². The fourth-order valence-electron chi connectivity index (χ4n) is 4.04. The van der Waals surface area contributed by atoms with E-state index in [1.54, 1.807) is 0 Å². The molecule has 1 atom stereocenters. The third-order valence-electron chi connectivity index (χ3n) is 5.66. The van der Waals surface area contributed by atoms with Gasteiger partial charge in [0.05, 0.1) is 6.61 Å². The van der Waals surface area contributed by atoms with Crippen LogP contribution in [0.2, 0.25) is 0 Å². The number of amides is 2. The first-order chi connectivity index (χ1) is 15.7. The van der Waals surface area contributed by atoms with Gasteiger partial charge < -0.3 is 25.2 Å². The van der Waals surface area contributed by atoms with E-state index in [1.165, 1.54) is 7.11 Å². The molecule has 0 saturated carbocycles. The quantitative estimate of drug-likeness (QED) is 0.508. The predicted molar refractivity (Wildman–Crippen MR) is 123 cm³/mol. The largest absolute Gasteiger partial charge is 0.480 e. The Bertz CT molecular complexity index is 974. The summed E-state index contributed by atoms with van der Waals surface area (Å²) in [7, 11) is 1.37. The molecule has 1 aliphatic rings. The maximum absolute atomic E-state index is 12.4. The van der Waals surface area contributed by atoms with Crippen molar-refractivity contribution in [2.45, 2.75) is 32.2 Å². The Morgan fingerprint density at radius 3 is 2.15 bits per heavy atom. The fraction of sp³-hybridized carbons (Fsp3) is 0.400. The number of rotatable bonds is 10. The number of carboxylic acid groups (broad SMARTS) is 1. The van der Waals surface area contributed by atoms with E-state index >= 15 is 0 Å². The van der Waals surface area contributed by atoms with Crippen LogP contribution in [0.25, 0.3) is 11.1 Å². The van der Waals surface area contributed by atoms with Gasteiger partial charge in [-0.1, -0.05) is 62.4 Å². The number of alkyl carbamates (subject to hydrolysis) is 1. The lowest BCUT2D eigenvalue weighted by Crippen LogP contribution is -2.46. The van der Waals surface area contributed by atoms with Gasteiger partial charge in [0.2, 0.25) is 5.91 Å². The van der Waals surface area contributed by atoms with Crippen LogP contribution in [0.4, 0.5) is 4.79 Å². The van der Waals surface area contributed by atoms with E-state index in [4.69, 9.17) is 14.6 Å². The van der Waals surface area contributed by atoms with Crippen LogP contribution in [-0.2, 0) is 19.1 Å². The van der Waals surface area contributed by atoms with Gasteiger partial charge in [0.25, 0.3) is 0 Å². The van der Waals surface area contributed by atoms with Crippen LogP contribution in [0.1, 0.15) is 37.3 Å². The summed E-state index contributed by atoms with van der Waals surface area (Å²) in [5, 5.41) is 14.3. The molecule has 176 valence electrons. The number of methoxy groups -OCH3 is 1. The first kappa shape index (κ1) is 24.3. The molecule has 0 unspecified atom stereocenters. The van der Waals surface area contributed by atoms with E-state index in [0.29, 0.717) is 0 Å². The van der Waals surface area contributed by atoms with Crippen molar-refractivity contribution in [2.24, 2.45) is 5.41 Å². The molecule has 3 rings (SSSR count). The monoisotopic (exact) mass is 454 g/mol. The third kappa shape index (κ3) is 6.10. The highest BCUT2D eigenvalue weighted by atomic mass is 16.5. The Balaban J connectivity index is 1.51. The molecular weight excluding hydrogens is 424 g/mol. The van der Waals surface area contributed by atoms with Gasteiger partial charge in [-0.25, -0.2) is 9.59 Å². The number of aliphatic carboxylic acids is 1. The van der Waals surface area contributed by atoms with Crippen LogP contribution >= 0.6 is 0 Å². The SMILES string of the molecule is COC[C@H](NC(=O)CC(C)(C)CNC(=O)OCC1c2ccccc2-c2ccccc21)C(=O)O. The molecule has 0 aromatic heterocycles. The molecule has 2 aromatic rings. The summed E-state index contributed by atoms with van der Waals surface area (Å²) < 4.78 is 10.3.